The fourth-order valence-corrected chi connectivity index (χ4v) is 2.83. The summed E-state index contributed by atoms with van der Waals surface area (Å²) in [5.74, 6) is 0. The first kappa shape index (κ1) is 16.2. The van der Waals surface area contributed by atoms with Gasteiger partial charge >= 0.3 is 0 Å². The van der Waals surface area contributed by atoms with Crippen LogP contribution < -0.4 is 10.6 Å². The smallest absolute Gasteiger partial charge is 0.175 e. The standard InChI is InChI=1S/C21H20N2S/c1-15-12-13-16(2)20(14-15)23-21(24)22-19-11-7-6-10-18(19)17-8-4-3-5-9-17/h3-14H,1-2H3,(H2,22,23,24). The van der Waals surface area contributed by atoms with Gasteiger partial charge in [0.1, 0.15) is 0 Å². The largest absolute Gasteiger partial charge is 0.332 e. The van der Waals surface area contributed by atoms with E-state index in [0.29, 0.717) is 5.11 Å². The Morgan fingerprint density at radius 1 is 0.750 bits per heavy atom. The SMILES string of the molecule is Cc1ccc(C)c(NC(=S)Nc2ccccc2-c2ccccc2)c1. The fraction of sp³-hybridized carbons (Fsp3) is 0.0952. The van der Waals surface area contributed by atoms with Crippen LogP contribution in [0.5, 0.6) is 0 Å². The van der Waals surface area contributed by atoms with E-state index in [0.717, 1.165) is 22.5 Å². The normalized spacial score (nSPS) is 10.2. The summed E-state index contributed by atoms with van der Waals surface area (Å²) in [6.07, 6.45) is 0. The maximum absolute atomic E-state index is 5.51. The molecule has 0 heterocycles. The van der Waals surface area contributed by atoms with Crippen LogP contribution in [0.4, 0.5) is 11.4 Å². The predicted molar refractivity (Wildman–Crippen MR) is 108 cm³/mol. The zero-order valence-electron chi connectivity index (χ0n) is 13.8. The second-order valence-corrected chi connectivity index (χ2v) is 6.22. The molecule has 3 heteroatoms. The van der Waals surface area contributed by atoms with Gasteiger partial charge in [0.15, 0.2) is 5.11 Å². The number of nitrogens with one attached hydrogen (secondary N) is 2. The highest BCUT2D eigenvalue weighted by molar-refractivity contribution is 7.80. The van der Waals surface area contributed by atoms with Gasteiger partial charge in [-0.2, -0.15) is 0 Å². The topological polar surface area (TPSA) is 24.1 Å². The van der Waals surface area contributed by atoms with Crippen molar-refractivity contribution in [3.05, 3.63) is 83.9 Å². The summed E-state index contributed by atoms with van der Waals surface area (Å²) in [4.78, 5) is 0. The fourth-order valence-electron chi connectivity index (χ4n) is 2.61. The van der Waals surface area contributed by atoms with Crippen LogP contribution in [-0.4, -0.2) is 5.11 Å². The summed E-state index contributed by atoms with van der Waals surface area (Å²) in [5.41, 5.74) is 6.69. The van der Waals surface area contributed by atoms with Gasteiger partial charge in [-0.15, -0.1) is 0 Å². The van der Waals surface area contributed by atoms with E-state index >= 15 is 0 Å². The molecule has 2 N–H and O–H groups in total. The minimum Gasteiger partial charge on any atom is -0.332 e. The minimum atomic E-state index is 0.590. The van der Waals surface area contributed by atoms with E-state index in [4.69, 9.17) is 12.2 Å². The molecular formula is C21H20N2S. The third kappa shape index (κ3) is 3.81. The molecule has 0 spiro atoms. The second-order valence-electron chi connectivity index (χ2n) is 5.81. The molecule has 0 aliphatic heterocycles. The molecule has 2 nitrogen and oxygen atoms in total. The van der Waals surface area contributed by atoms with Crippen LogP contribution in [0.25, 0.3) is 11.1 Å². The highest BCUT2D eigenvalue weighted by Gasteiger charge is 2.07. The lowest BCUT2D eigenvalue weighted by Gasteiger charge is -2.16. The lowest BCUT2D eigenvalue weighted by Crippen LogP contribution is -2.20. The lowest BCUT2D eigenvalue weighted by atomic mass is 10.0. The molecule has 0 saturated heterocycles. The van der Waals surface area contributed by atoms with Gasteiger partial charge in [0.2, 0.25) is 0 Å². The maximum Gasteiger partial charge on any atom is 0.175 e. The molecule has 0 aliphatic carbocycles. The average Bonchev–Trinajstić information content (AvgIpc) is 2.59. The monoisotopic (exact) mass is 332 g/mol. The Balaban J connectivity index is 1.82. The maximum atomic E-state index is 5.51. The first-order chi connectivity index (χ1) is 11.6. The van der Waals surface area contributed by atoms with Crippen LogP contribution in [0.2, 0.25) is 0 Å². The number of hydrogen-bond donors (Lipinski definition) is 2. The zero-order valence-corrected chi connectivity index (χ0v) is 14.7. The van der Waals surface area contributed by atoms with Crippen molar-refractivity contribution in [1.82, 2.24) is 0 Å². The molecule has 0 aromatic heterocycles. The van der Waals surface area contributed by atoms with E-state index < -0.39 is 0 Å². The van der Waals surface area contributed by atoms with Gasteiger partial charge in [0.25, 0.3) is 0 Å². The van der Waals surface area contributed by atoms with Crippen LogP contribution >= 0.6 is 12.2 Å². The molecular weight excluding hydrogens is 312 g/mol. The molecule has 120 valence electrons. The van der Waals surface area contributed by atoms with E-state index in [1.54, 1.807) is 0 Å². The first-order valence-corrected chi connectivity index (χ1v) is 8.34. The number of para-hydroxylation sites is 1. The Labute approximate surface area is 148 Å². The third-order valence-corrected chi connectivity index (χ3v) is 4.11. The molecule has 0 fully saturated rings. The number of aryl methyl sites for hydroxylation is 2. The Morgan fingerprint density at radius 2 is 1.42 bits per heavy atom. The molecule has 24 heavy (non-hydrogen) atoms. The van der Waals surface area contributed by atoms with Gasteiger partial charge in [-0.05, 0) is 54.9 Å². The molecule has 3 aromatic rings. The average molecular weight is 332 g/mol. The van der Waals surface area contributed by atoms with Crippen molar-refractivity contribution in [2.24, 2.45) is 0 Å². The van der Waals surface area contributed by atoms with Crippen LogP contribution in [0.15, 0.2) is 72.8 Å². The molecule has 0 saturated carbocycles. The van der Waals surface area contributed by atoms with Crippen molar-refractivity contribution in [2.75, 3.05) is 10.6 Å². The molecule has 0 radical (unpaired) electrons. The zero-order chi connectivity index (χ0) is 16.9. The van der Waals surface area contributed by atoms with Crippen molar-refractivity contribution >= 4 is 28.7 Å². The van der Waals surface area contributed by atoms with Crippen molar-refractivity contribution in [3.8, 4) is 11.1 Å². The minimum absolute atomic E-state index is 0.590. The molecule has 0 amide bonds. The van der Waals surface area contributed by atoms with E-state index in [1.807, 2.05) is 36.4 Å². The molecule has 3 rings (SSSR count). The highest BCUT2D eigenvalue weighted by Crippen LogP contribution is 2.27. The quantitative estimate of drug-likeness (QED) is 0.595. The van der Waals surface area contributed by atoms with Gasteiger partial charge in [-0.3, -0.25) is 0 Å². The van der Waals surface area contributed by atoms with Crippen LogP contribution in [0.1, 0.15) is 11.1 Å². The Morgan fingerprint density at radius 3 is 2.21 bits per heavy atom. The summed E-state index contributed by atoms with van der Waals surface area (Å²) < 4.78 is 0. The van der Waals surface area contributed by atoms with E-state index in [9.17, 15) is 0 Å². The van der Waals surface area contributed by atoms with Crippen LogP contribution in [-0.2, 0) is 0 Å². The summed E-state index contributed by atoms with van der Waals surface area (Å²) in [7, 11) is 0. The van der Waals surface area contributed by atoms with Crippen molar-refractivity contribution in [2.45, 2.75) is 13.8 Å². The Kier molecular flexibility index (Phi) is 4.92. The Bertz CT molecular complexity index is 857. The third-order valence-electron chi connectivity index (χ3n) is 3.90. The van der Waals surface area contributed by atoms with E-state index in [1.165, 1.54) is 11.1 Å². The summed E-state index contributed by atoms with van der Waals surface area (Å²) >= 11 is 5.51. The molecule has 0 atom stereocenters. The van der Waals surface area contributed by atoms with Crippen molar-refractivity contribution < 1.29 is 0 Å². The number of benzene rings is 3. The lowest BCUT2D eigenvalue weighted by molar-refractivity contribution is 1.39. The molecule has 0 aliphatic rings. The van der Waals surface area contributed by atoms with Crippen LogP contribution in [0, 0.1) is 13.8 Å². The second kappa shape index (κ2) is 7.28. The Hall–Kier alpha value is -2.65. The van der Waals surface area contributed by atoms with Gasteiger partial charge < -0.3 is 10.6 Å². The number of anilines is 2. The summed E-state index contributed by atoms with van der Waals surface area (Å²) in [6, 6.07) is 24.8. The van der Waals surface area contributed by atoms with Gasteiger partial charge in [0, 0.05) is 16.9 Å². The van der Waals surface area contributed by atoms with Gasteiger partial charge in [0.05, 0.1) is 0 Å². The number of rotatable bonds is 3. The molecule has 0 bridgehead atoms. The summed E-state index contributed by atoms with van der Waals surface area (Å²) in [6.45, 7) is 4.15. The van der Waals surface area contributed by atoms with Crippen molar-refractivity contribution in [1.29, 1.82) is 0 Å². The van der Waals surface area contributed by atoms with Crippen LogP contribution in [0.3, 0.4) is 0 Å². The van der Waals surface area contributed by atoms with Crippen molar-refractivity contribution in [3.63, 3.8) is 0 Å². The summed E-state index contributed by atoms with van der Waals surface area (Å²) in [5, 5.41) is 7.21. The van der Waals surface area contributed by atoms with E-state index in [2.05, 4.69) is 60.9 Å². The highest BCUT2D eigenvalue weighted by atomic mass is 32.1. The number of hydrogen-bond acceptors (Lipinski definition) is 1. The molecule has 3 aromatic carbocycles. The predicted octanol–water partition coefficient (Wildman–Crippen LogP) is 5.78. The number of thiocarbonyl (C=S) groups is 1. The van der Waals surface area contributed by atoms with Gasteiger partial charge in [-0.1, -0.05) is 60.7 Å². The first-order valence-electron chi connectivity index (χ1n) is 7.93. The van der Waals surface area contributed by atoms with E-state index in [-0.39, 0.29) is 0 Å². The molecule has 0 unspecified atom stereocenters. The van der Waals surface area contributed by atoms with Gasteiger partial charge in [-0.25, -0.2) is 0 Å².